The average Bonchev–Trinajstić information content (AvgIpc) is 2.55. The summed E-state index contributed by atoms with van der Waals surface area (Å²) in [6, 6.07) is 8.70. The molecule has 0 spiro atoms. The van der Waals surface area contributed by atoms with Crippen molar-refractivity contribution >= 4 is 15.1 Å². The zero-order valence-electron chi connectivity index (χ0n) is 10.4. The molecule has 1 aromatic rings. The molecule has 16 heavy (non-hydrogen) atoms. The predicted molar refractivity (Wildman–Crippen MR) is 72.3 cm³/mol. The van der Waals surface area contributed by atoms with Gasteiger partial charge in [0, 0.05) is 12.5 Å². The van der Waals surface area contributed by atoms with Crippen LogP contribution in [0.25, 0.3) is 6.08 Å². The Bertz CT molecular complexity index is 395. The van der Waals surface area contributed by atoms with Gasteiger partial charge in [-0.3, -0.25) is 0 Å². The molecular formula is C14H20OSi. The van der Waals surface area contributed by atoms with Crippen molar-refractivity contribution in [3.8, 4) is 0 Å². The topological polar surface area (TPSA) is 9.23 Å². The maximum atomic E-state index is 5.78. The van der Waals surface area contributed by atoms with E-state index in [0.29, 0.717) is 5.92 Å². The molecule has 0 N–H and O–H groups in total. The summed E-state index contributed by atoms with van der Waals surface area (Å²) >= 11 is 0. The van der Waals surface area contributed by atoms with Gasteiger partial charge in [0.15, 0.2) is 9.04 Å². The standard InChI is InChI=1S/C14H20OSi/c1-11-10-12-6-4-5-7-14(12)13(11)8-9-15-16(2)3/h4-7,10,13,16H,8-9H2,1-3H3. The van der Waals surface area contributed by atoms with Crippen LogP contribution in [0.15, 0.2) is 29.8 Å². The highest BCUT2D eigenvalue weighted by Crippen LogP contribution is 2.37. The van der Waals surface area contributed by atoms with Crippen LogP contribution in [-0.2, 0) is 4.43 Å². The summed E-state index contributed by atoms with van der Waals surface area (Å²) in [4.78, 5) is 0. The second-order valence-electron chi connectivity index (χ2n) is 4.78. The normalized spacial score (nSPS) is 18.8. The van der Waals surface area contributed by atoms with Gasteiger partial charge in [0.2, 0.25) is 0 Å². The van der Waals surface area contributed by atoms with Crippen molar-refractivity contribution < 1.29 is 4.43 Å². The summed E-state index contributed by atoms with van der Waals surface area (Å²) in [6.07, 6.45) is 3.44. The predicted octanol–water partition coefficient (Wildman–Crippen LogP) is 3.58. The minimum Gasteiger partial charge on any atom is -0.421 e. The van der Waals surface area contributed by atoms with Crippen molar-refractivity contribution in [2.24, 2.45) is 0 Å². The molecule has 1 atom stereocenters. The lowest BCUT2D eigenvalue weighted by Gasteiger charge is -2.15. The van der Waals surface area contributed by atoms with E-state index in [2.05, 4.69) is 50.4 Å². The Kier molecular flexibility index (Phi) is 3.61. The molecule has 1 aliphatic carbocycles. The SMILES string of the molecule is CC1=Cc2ccccc2C1CCO[SiH](C)C. The van der Waals surface area contributed by atoms with Crippen LogP contribution in [0.3, 0.4) is 0 Å². The van der Waals surface area contributed by atoms with E-state index in [1.54, 1.807) is 0 Å². The van der Waals surface area contributed by atoms with Gasteiger partial charge in [-0.1, -0.05) is 35.9 Å². The van der Waals surface area contributed by atoms with E-state index in [1.807, 2.05) is 0 Å². The Morgan fingerprint density at radius 3 is 2.75 bits per heavy atom. The van der Waals surface area contributed by atoms with E-state index >= 15 is 0 Å². The third kappa shape index (κ3) is 2.44. The van der Waals surface area contributed by atoms with Gasteiger partial charge in [-0.05, 0) is 37.6 Å². The number of rotatable bonds is 4. The van der Waals surface area contributed by atoms with Crippen LogP contribution in [0.2, 0.25) is 13.1 Å². The Morgan fingerprint density at radius 2 is 2.00 bits per heavy atom. The molecule has 1 nitrogen and oxygen atoms in total. The molecule has 1 aromatic carbocycles. The summed E-state index contributed by atoms with van der Waals surface area (Å²) in [6.45, 7) is 7.60. The number of benzene rings is 1. The first kappa shape index (κ1) is 11.6. The molecule has 2 heteroatoms. The highest BCUT2D eigenvalue weighted by Gasteiger charge is 2.21. The molecule has 86 valence electrons. The molecule has 0 fully saturated rings. The van der Waals surface area contributed by atoms with Gasteiger partial charge in [-0.25, -0.2) is 0 Å². The number of hydrogen-bond acceptors (Lipinski definition) is 1. The van der Waals surface area contributed by atoms with Crippen LogP contribution in [0.4, 0.5) is 0 Å². The van der Waals surface area contributed by atoms with Gasteiger partial charge in [0.1, 0.15) is 0 Å². The van der Waals surface area contributed by atoms with Crippen molar-refractivity contribution in [3.63, 3.8) is 0 Å². The molecule has 0 aliphatic heterocycles. The summed E-state index contributed by atoms with van der Waals surface area (Å²) in [7, 11) is -0.857. The number of fused-ring (bicyclic) bond motifs is 1. The third-order valence-electron chi connectivity index (χ3n) is 3.16. The summed E-state index contributed by atoms with van der Waals surface area (Å²) < 4.78 is 5.78. The minimum absolute atomic E-state index is 0.587. The lowest BCUT2D eigenvalue weighted by Crippen LogP contribution is -2.11. The van der Waals surface area contributed by atoms with Crippen LogP contribution >= 0.6 is 0 Å². The van der Waals surface area contributed by atoms with Crippen LogP contribution < -0.4 is 0 Å². The maximum absolute atomic E-state index is 5.78. The molecular weight excluding hydrogens is 212 g/mol. The van der Waals surface area contributed by atoms with Crippen LogP contribution in [0.1, 0.15) is 30.4 Å². The molecule has 1 aliphatic rings. The summed E-state index contributed by atoms with van der Waals surface area (Å²) in [5.41, 5.74) is 4.36. The van der Waals surface area contributed by atoms with E-state index in [4.69, 9.17) is 4.43 Å². The van der Waals surface area contributed by atoms with Gasteiger partial charge in [-0.15, -0.1) is 0 Å². The van der Waals surface area contributed by atoms with E-state index < -0.39 is 9.04 Å². The summed E-state index contributed by atoms with van der Waals surface area (Å²) in [5.74, 6) is 0.587. The first-order chi connectivity index (χ1) is 7.68. The zero-order chi connectivity index (χ0) is 11.5. The summed E-state index contributed by atoms with van der Waals surface area (Å²) in [5, 5.41) is 0. The van der Waals surface area contributed by atoms with E-state index in [9.17, 15) is 0 Å². The molecule has 0 bridgehead atoms. The molecule has 0 saturated carbocycles. The Labute approximate surface area is 99.9 Å². The zero-order valence-corrected chi connectivity index (χ0v) is 11.5. The van der Waals surface area contributed by atoms with E-state index in [1.165, 1.54) is 16.7 Å². The van der Waals surface area contributed by atoms with Crippen molar-refractivity contribution in [1.29, 1.82) is 0 Å². The van der Waals surface area contributed by atoms with Gasteiger partial charge < -0.3 is 4.43 Å². The van der Waals surface area contributed by atoms with Crippen molar-refractivity contribution in [3.05, 3.63) is 41.0 Å². The molecule has 0 amide bonds. The first-order valence-corrected chi connectivity index (χ1v) is 8.85. The van der Waals surface area contributed by atoms with Crippen LogP contribution in [0, 0.1) is 0 Å². The maximum Gasteiger partial charge on any atom is 0.170 e. The molecule has 0 aromatic heterocycles. The highest BCUT2D eigenvalue weighted by atomic mass is 28.3. The Balaban J connectivity index is 2.03. The third-order valence-corrected chi connectivity index (χ3v) is 4.06. The van der Waals surface area contributed by atoms with Gasteiger partial charge in [-0.2, -0.15) is 0 Å². The van der Waals surface area contributed by atoms with Crippen molar-refractivity contribution in [1.82, 2.24) is 0 Å². The fourth-order valence-electron chi connectivity index (χ4n) is 2.36. The number of allylic oxidation sites excluding steroid dienone is 1. The molecule has 0 saturated heterocycles. The quantitative estimate of drug-likeness (QED) is 0.721. The van der Waals surface area contributed by atoms with Crippen LogP contribution in [-0.4, -0.2) is 15.6 Å². The molecule has 2 rings (SSSR count). The molecule has 0 radical (unpaired) electrons. The van der Waals surface area contributed by atoms with E-state index in [0.717, 1.165) is 13.0 Å². The van der Waals surface area contributed by atoms with Crippen LogP contribution in [0.5, 0.6) is 0 Å². The molecule has 0 heterocycles. The number of hydrogen-bond donors (Lipinski definition) is 0. The second kappa shape index (κ2) is 4.98. The highest BCUT2D eigenvalue weighted by molar-refractivity contribution is 6.48. The largest absolute Gasteiger partial charge is 0.421 e. The smallest absolute Gasteiger partial charge is 0.170 e. The van der Waals surface area contributed by atoms with E-state index in [-0.39, 0.29) is 0 Å². The fraction of sp³-hybridized carbons (Fsp3) is 0.429. The Morgan fingerprint density at radius 1 is 1.25 bits per heavy atom. The van der Waals surface area contributed by atoms with Gasteiger partial charge in [0.25, 0.3) is 0 Å². The minimum atomic E-state index is -0.857. The monoisotopic (exact) mass is 232 g/mol. The fourth-order valence-corrected chi connectivity index (χ4v) is 2.96. The Hall–Kier alpha value is -0.863. The lowest BCUT2D eigenvalue weighted by molar-refractivity contribution is 0.311. The lowest BCUT2D eigenvalue weighted by atomic mass is 9.94. The first-order valence-electron chi connectivity index (χ1n) is 6.07. The van der Waals surface area contributed by atoms with Crippen molar-refractivity contribution in [2.75, 3.05) is 6.61 Å². The van der Waals surface area contributed by atoms with Gasteiger partial charge in [0.05, 0.1) is 0 Å². The average molecular weight is 232 g/mol. The van der Waals surface area contributed by atoms with Crippen molar-refractivity contribution in [2.45, 2.75) is 32.4 Å². The second-order valence-corrected chi connectivity index (χ2v) is 7.21. The molecule has 1 unspecified atom stereocenters. The van der Waals surface area contributed by atoms with Gasteiger partial charge >= 0.3 is 0 Å².